The first-order valence-corrected chi connectivity index (χ1v) is 7.64. The van der Waals surface area contributed by atoms with Gasteiger partial charge in [0, 0.05) is 25.5 Å². The molecule has 0 radical (unpaired) electrons. The van der Waals surface area contributed by atoms with Gasteiger partial charge < -0.3 is 19.8 Å². The van der Waals surface area contributed by atoms with Crippen LogP contribution in [0.2, 0.25) is 0 Å². The molecule has 1 amide bonds. The average molecular weight is 310 g/mol. The highest BCUT2D eigenvalue weighted by molar-refractivity contribution is 6.00. The molecule has 124 valence electrons. The number of hydrogen-bond acceptors (Lipinski definition) is 4. The summed E-state index contributed by atoms with van der Waals surface area (Å²) in [4.78, 5) is 27.2. The summed E-state index contributed by atoms with van der Waals surface area (Å²) >= 11 is 0. The zero-order valence-corrected chi connectivity index (χ0v) is 14.0. The van der Waals surface area contributed by atoms with Gasteiger partial charge in [-0.1, -0.05) is 0 Å². The molecule has 0 aliphatic heterocycles. The van der Waals surface area contributed by atoms with E-state index >= 15 is 0 Å². The molecule has 2 N–H and O–H groups in total. The van der Waals surface area contributed by atoms with Crippen LogP contribution in [-0.2, 0) is 9.47 Å². The van der Waals surface area contributed by atoms with Crippen LogP contribution >= 0.6 is 0 Å². The minimum Gasteiger partial charge on any atom is -0.459 e. The SMILES string of the molecule is CCOCCCNC(=O)c1[nH]c(C)c(C(=O)OC(C)C)c1C. The highest BCUT2D eigenvalue weighted by Crippen LogP contribution is 2.19. The first-order chi connectivity index (χ1) is 10.4. The van der Waals surface area contributed by atoms with Crippen molar-refractivity contribution in [1.29, 1.82) is 0 Å². The lowest BCUT2D eigenvalue weighted by Crippen LogP contribution is -2.26. The van der Waals surface area contributed by atoms with Crippen LogP contribution in [0.4, 0.5) is 0 Å². The van der Waals surface area contributed by atoms with Crippen LogP contribution in [0.5, 0.6) is 0 Å². The summed E-state index contributed by atoms with van der Waals surface area (Å²) in [6.45, 7) is 10.8. The molecule has 0 aliphatic carbocycles. The fourth-order valence-corrected chi connectivity index (χ4v) is 2.17. The van der Waals surface area contributed by atoms with Crippen LogP contribution in [0.25, 0.3) is 0 Å². The quantitative estimate of drug-likeness (QED) is 0.570. The standard InChI is InChI=1S/C16H26N2O4/c1-6-21-9-7-8-17-15(19)14-11(4)13(12(5)18-14)16(20)22-10(2)3/h10,18H,6-9H2,1-5H3,(H,17,19). The molecule has 0 aliphatic rings. The smallest absolute Gasteiger partial charge is 0.340 e. The number of carbonyl (C=O) groups is 2. The van der Waals surface area contributed by atoms with E-state index in [2.05, 4.69) is 10.3 Å². The third-order valence-electron chi connectivity index (χ3n) is 3.17. The van der Waals surface area contributed by atoms with E-state index in [1.807, 2.05) is 6.92 Å². The maximum atomic E-state index is 12.2. The fraction of sp³-hybridized carbons (Fsp3) is 0.625. The molecule has 0 fully saturated rings. The number of aromatic nitrogens is 1. The number of aromatic amines is 1. The molecule has 0 unspecified atom stereocenters. The summed E-state index contributed by atoms with van der Waals surface area (Å²) in [6.07, 6.45) is 0.553. The second kappa shape index (κ2) is 8.58. The first-order valence-electron chi connectivity index (χ1n) is 7.64. The fourth-order valence-electron chi connectivity index (χ4n) is 2.17. The van der Waals surface area contributed by atoms with E-state index in [1.165, 1.54) is 0 Å². The first kappa shape index (κ1) is 18.2. The van der Waals surface area contributed by atoms with Crippen molar-refractivity contribution in [3.05, 3.63) is 22.5 Å². The molecule has 1 aromatic rings. The van der Waals surface area contributed by atoms with Crippen molar-refractivity contribution < 1.29 is 19.1 Å². The molecule has 1 rings (SSSR count). The van der Waals surface area contributed by atoms with Crippen LogP contribution in [-0.4, -0.2) is 42.7 Å². The van der Waals surface area contributed by atoms with Crippen molar-refractivity contribution in [2.24, 2.45) is 0 Å². The topological polar surface area (TPSA) is 80.4 Å². The Labute approximate surface area is 131 Å². The van der Waals surface area contributed by atoms with Gasteiger partial charge in [0.25, 0.3) is 5.91 Å². The van der Waals surface area contributed by atoms with Gasteiger partial charge in [0.2, 0.25) is 0 Å². The van der Waals surface area contributed by atoms with E-state index in [0.29, 0.717) is 42.3 Å². The van der Waals surface area contributed by atoms with Crippen LogP contribution in [0.3, 0.4) is 0 Å². The lowest BCUT2D eigenvalue weighted by atomic mass is 10.1. The number of rotatable bonds is 8. The van der Waals surface area contributed by atoms with Gasteiger partial charge in [-0.25, -0.2) is 4.79 Å². The summed E-state index contributed by atoms with van der Waals surface area (Å²) in [5.74, 6) is -0.627. The Kier molecular flexibility index (Phi) is 7.11. The number of nitrogens with one attached hydrogen (secondary N) is 2. The van der Waals surface area contributed by atoms with Crippen molar-refractivity contribution in [2.75, 3.05) is 19.8 Å². The zero-order valence-electron chi connectivity index (χ0n) is 14.0. The lowest BCUT2D eigenvalue weighted by Gasteiger charge is -2.08. The van der Waals surface area contributed by atoms with Gasteiger partial charge in [0.15, 0.2) is 0 Å². The second-order valence-electron chi connectivity index (χ2n) is 5.39. The van der Waals surface area contributed by atoms with E-state index in [4.69, 9.17) is 9.47 Å². The molecule has 0 aromatic carbocycles. The van der Waals surface area contributed by atoms with Crippen LogP contribution in [0.15, 0.2) is 0 Å². The number of H-pyrrole nitrogens is 1. The molecule has 0 saturated carbocycles. The molecule has 0 bridgehead atoms. The summed E-state index contributed by atoms with van der Waals surface area (Å²) in [5, 5.41) is 2.82. The number of amides is 1. The molecular weight excluding hydrogens is 284 g/mol. The number of carbonyl (C=O) groups excluding carboxylic acids is 2. The van der Waals surface area contributed by atoms with Gasteiger partial charge in [-0.2, -0.15) is 0 Å². The van der Waals surface area contributed by atoms with Gasteiger partial charge in [0.05, 0.1) is 11.7 Å². The Morgan fingerprint density at radius 3 is 2.55 bits per heavy atom. The minimum absolute atomic E-state index is 0.197. The van der Waals surface area contributed by atoms with Crippen molar-refractivity contribution in [2.45, 2.75) is 47.1 Å². The average Bonchev–Trinajstić information content (AvgIpc) is 2.73. The van der Waals surface area contributed by atoms with E-state index < -0.39 is 5.97 Å². The van der Waals surface area contributed by atoms with Gasteiger partial charge in [0.1, 0.15) is 5.69 Å². The highest BCUT2D eigenvalue weighted by atomic mass is 16.5. The molecule has 6 nitrogen and oxygen atoms in total. The van der Waals surface area contributed by atoms with Crippen LogP contribution < -0.4 is 5.32 Å². The van der Waals surface area contributed by atoms with Gasteiger partial charge >= 0.3 is 5.97 Å². The summed E-state index contributed by atoms with van der Waals surface area (Å²) in [5.41, 5.74) is 2.10. The number of ether oxygens (including phenoxy) is 2. The van der Waals surface area contributed by atoms with E-state index in [-0.39, 0.29) is 12.0 Å². The summed E-state index contributed by atoms with van der Waals surface area (Å²) in [7, 11) is 0. The third-order valence-corrected chi connectivity index (χ3v) is 3.17. The maximum Gasteiger partial charge on any atom is 0.340 e. The van der Waals surface area contributed by atoms with Gasteiger partial charge in [-0.15, -0.1) is 0 Å². The Bertz CT molecular complexity index is 520. The van der Waals surface area contributed by atoms with Crippen LogP contribution in [0.1, 0.15) is 59.3 Å². The van der Waals surface area contributed by atoms with E-state index in [0.717, 1.165) is 6.42 Å². The maximum absolute atomic E-state index is 12.2. The molecule has 0 spiro atoms. The molecule has 1 aromatic heterocycles. The summed E-state index contributed by atoms with van der Waals surface area (Å²) < 4.78 is 10.4. The number of esters is 1. The Morgan fingerprint density at radius 2 is 1.95 bits per heavy atom. The second-order valence-corrected chi connectivity index (χ2v) is 5.39. The molecule has 6 heteroatoms. The van der Waals surface area contributed by atoms with Gasteiger partial charge in [-0.3, -0.25) is 4.79 Å². The monoisotopic (exact) mass is 310 g/mol. The highest BCUT2D eigenvalue weighted by Gasteiger charge is 2.23. The Morgan fingerprint density at radius 1 is 1.27 bits per heavy atom. The summed E-state index contributed by atoms with van der Waals surface area (Å²) in [6, 6.07) is 0. The largest absolute Gasteiger partial charge is 0.459 e. The Hall–Kier alpha value is -1.82. The third kappa shape index (κ3) is 4.87. The molecule has 22 heavy (non-hydrogen) atoms. The Balaban J connectivity index is 2.72. The number of hydrogen-bond donors (Lipinski definition) is 2. The van der Waals surface area contributed by atoms with Crippen LogP contribution in [0, 0.1) is 13.8 Å². The van der Waals surface area contributed by atoms with E-state index in [1.54, 1.807) is 27.7 Å². The minimum atomic E-state index is -0.406. The van der Waals surface area contributed by atoms with Crippen molar-refractivity contribution in [1.82, 2.24) is 10.3 Å². The normalized spacial score (nSPS) is 10.8. The van der Waals surface area contributed by atoms with Crippen molar-refractivity contribution >= 4 is 11.9 Å². The predicted molar refractivity (Wildman–Crippen MR) is 84.3 cm³/mol. The van der Waals surface area contributed by atoms with Gasteiger partial charge in [-0.05, 0) is 46.6 Å². The zero-order chi connectivity index (χ0) is 16.7. The molecular formula is C16H26N2O4. The molecule has 0 atom stereocenters. The predicted octanol–water partition coefficient (Wildman–Crippen LogP) is 2.35. The molecule has 0 saturated heterocycles. The van der Waals surface area contributed by atoms with Crippen molar-refractivity contribution in [3.8, 4) is 0 Å². The van der Waals surface area contributed by atoms with E-state index in [9.17, 15) is 9.59 Å². The lowest BCUT2D eigenvalue weighted by molar-refractivity contribution is 0.0376. The number of aryl methyl sites for hydroxylation is 1. The molecule has 1 heterocycles. The van der Waals surface area contributed by atoms with Crippen molar-refractivity contribution in [3.63, 3.8) is 0 Å².